The smallest absolute Gasteiger partial charge is 0.269 e. The van der Waals surface area contributed by atoms with E-state index in [1.54, 1.807) is 12.1 Å². The molecule has 0 aliphatic carbocycles. The number of Topliss-reactive ketones (excluding diaryl/α,β-unsaturated/α-hetero) is 1. The molecule has 0 aliphatic rings. The average molecular weight is 209 g/mol. The zero-order valence-corrected chi connectivity index (χ0v) is 8.05. The van der Waals surface area contributed by atoms with Crippen molar-refractivity contribution in [1.29, 1.82) is 0 Å². The number of ketones is 1. The van der Waals surface area contributed by atoms with Crippen molar-refractivity contribution in [2.45, 2.75) is 12.8 Å². The van der Waals surface area contributed by atoms with Crippen LogP contribution in [0.4, 0.5) is 5.69 Å². The number of hydrogen-bond acceptors (Lipinski definition) is 4. The van der Waals surface area contributed by atoms with Crippen LogP contribution in [0, 0.1) is 10.1 Å². The quantitative estimate of drug-likeness (QED) is 0.581. The van der Waals surface area contributed by atoms with Gasteiger partial charge in [0.1, 0.15) is 5.78 Å². The molecule has 0 unspecified atom stereocenters. The minimum Gasteiger partial charge on any atom is -0.396 e. The summed E-state index contributed by atoms with van der Waals surface area (Å²) in [5, 5.41) is 18.9. The molecule has 0 saturated heterocycles. The molecule has 0 spiro atoms. The highest BCUT2D eigenvalue weighted by atomic mass is 16.6. The molecule has 0 radical (unpaired) electrons. The number of nitro groups is 1. The SMILES string of the molecule is O=C(CCO)Cc1ccc([N+](=O)[O-])cc1. The van der Waals surface area contributed by atoms with Crippen molar-refractivity contribution in [1.82, 2.24) is 0 Å². The number of aliphatic hydroxyl groups excluding tert-OH is 1. The van der Waals surface area contributed by atoms with E-state index in [1.807, 2.05) is 0 Å². The van der Waals surface area contributed by atoms with Gasteiger partial charge in [-0.15, -0.1) is 0 Å². The van der Waals surface area contributed by atoms with Gasteiger partial charge in [0.15, 0.2) is 0 Å². The third kappa shape index (κ3) is 3.47. The van der Waals surface area contributed by atoms with Crippen LogP contribution in [0.15, 0.2) is 24.3 Å². The van der Waals surface area contributed by atoms with E-state index in [0.29, 0.717) is 0 Å². The zero-order chi connectivity index (χ0) is 11.3. The minimum absolute atomic E-state index is 0.00774. The fourth-order valence-corrected chi connectivity index (χ4v) is 1.18. The number of nitro benzene ring substituents is 1. The van der Waals surface area contributed by atoms with Crippen LogP contribution in [0.3, 0.4) is 0 Å². The molecule has 1 aromatic carbocycles. The molecule has 0 fully saturated rings. The van der Waals surface area contributed by atoms with Gasteiger partial charge in [-0.2, -0.15) is 0 Å². The van der Waals surface area contributed by atoms with Crippen LogP contribution in [0.25, 0.3) is 0 Å². The van der Waals surface area contributed by atoms with Crippen molar-refractivity contribution in [2.75, 3.05) is 6.61 Å². The summed E-state index contributed by atoms with van der Waals surface area (Å²) in [6.45, 7) is -0.161. The van der Waals surface area contributed by atoms with Gasteiger partial charge >= 0.3 is 0 Å². The Morgan fingerprint density at radius 1 is 1.33 bits per heavy atom. The summed E-state index contributed by atoms with van der Waals surface area (Å²) in [7, 11) is 0. The third-order valence-corrected chi connectivity index (χ3v) is 1.94. The molecule has 1 aromatic rings. The summed E-state index contributed by atoms with van der Waals surface area (Å²) >= 11 is 0. The summed E-state index contributed by atoms with van der Waals surface area (Å²) in [6, 6.07) is 5.82. The van der Waals surface area contributed by atoms with Crippen molar-refractivity contribution in [2.24, 2.45) is 0 Å². The Balaban J connectivity index is 2.64. The Bertz CT molecular complexity index is 358. The molecule has 0 bridgehead atoms. The van der Waals surface area contributed by atoms with E-state index >= 15 is 0 Å². The predicted octanol–water partition coefficient (Wildman–Crippen LogP) is 1.09. The summed E-state index contributed by atoms with van der Waals surface area (Å²) < 4.78 is 0. The first kappa shape index (κ1) is 11.3. The van der Waals surface area contributed by atoms with Crippen LogP contribution < -0.4 is 0 Å². The van der Waals surface area contributed by atoms with Crippen LogP contribution in [0.1, 0.15) is 12.0 Å². The number of nitrogens with zero attached hydrogens (tertiary/aromatic N) is 1. The summed E-state index contributed by atoms with van der Waals surface area (Å²) in [4.78, 5) is 21.0. The molecule has 0 aliphatic heterocycles. The van der Waals surface area contributed by atoms with Gasteiger partial charge in [-0.25, -0.2) is 0 Å². The van der Waals surface area contributed by atoms with E-state index in [4.69, 9.17) is 5.11 Å². The molecule has 1 rings (SSSR count). The maximum Gasteiger partial charge on any atom is 0.269 e. The largest absolute Gasteiger partial charge is 0.396 e. The number of carbonyl (C=O) groups excluding carboxylic acids is 1. The molecule has 0 aromatic heterocycles. The Kier molecular flexibility index (Phi) is 3.93. The molecule has 0 saturated carbocycles. The van der Waals surface area contributed by atoms with E-state index in [2.05, 4.69) is 0 Å². The van der Waals surface area contributed by atoms with Crippen LogP contribution >= 0.6 is 0 Å². The fourth-order valence-electron chi connectivity index (χ4n) is 1.18. The average Bonchev–Trinajstić information content (AvgIpc) is 2.18. The van der Waals surface area contributed by atoms with E-state index in [1.165, 1.54) is 12.1 Å². The maximum atomic E-state index is 11.1. The molecular formula is C10H11NO4. The molecule has 0 atom stereocenters. The molecule has 1 N–H and O–H groups in total. The van der Waals surface area contributed by atoms with E-state index < -0.39 is 4.92 Å². The lowest BCUT2D eigenvalue weighted by atomic mass is 10.1. The molecule has 5 heteroatoms. The van der Waals surface area contributed by atoms with Crippen LogP contribution in [-0.4, -0.2) is 22.4 Å². The molecule has 0 amide bonds. The third-order valence-electron chi connectivity index (χ3n) is 1.94. The lowest BCUT2D eigenvalue weighted by Gasteiger charge is -1.99. The highest BCUT2D eigenvalue weighted by molar-refractivity contribution is 5.80. The lowest BCUT2D eigenvalue weighted by molar-refractivity contribution is -0.384. The predicted molar refractivity (Wildman–Crippen MR) is 53.5 cm³/mol. The Labute approximate surface area is 86.5 Å². The maximum absolute atomic E-state index is 11.1. The van der Waals surface area contributed by atoms with Gasteiger partial charge in [0, 0.05) is 31.6 Å². The van der Waals surface area contributed by atoms with Crippen LogP contribution in [0.2, 0.25) is 0 Å². The van der Waals surface area contributed by atoms with Crippen molar-refractivity contribution in [3.05, 3.63) is 39.9 Å². The first-order chi connectivity index (χ1) is 7.13. The number of carbonyl (C=O) groups is 1. The number of hydrogen-bond donors (Lipinski definition) is 1. The van der Waals surface area contributed by atoms with Gasteiger partial charge in [-0.05, 0) is 5.56 Å². The number of aliphatic hydroxyl groups is 1. The number of non-ortho nitro benzene ring substituents is 1. The number of benzene rings is 1. The summed E-state index contributed by atoms with van der Waals surface area (Å²) in [5.41, 5.74) is 0.729. The first-order valence-electron chi connectivity index (χ1n) is 4.49. The van der Waals surface area contributed by atoms with Crippen molar-refractivity contribution in [3.8, 4) is 0 Å². The van der Waals surface area contributed by atoms with Gasteiger partial charge in [0.25, 0.3) is 5.69 Å². The topological polar surface area (TPSA) is 80.4 Å². The molecule has 15 heavy (non-hydrogen) atoms. The normalized spacial score (nSPS) is 9.93. The van der Waals surface area contributed by atoms with Crippen molar-refractivity contribution < 1.29 is 14.8 Å². The second-order valence-electron chi connectivity index (χ2n) is 3.11. The van der Waals surface area contributed by atoms with Crippen LogP contribution in [0.5, 0.6) is 0 Å². The molecule has 0 heterocycles. The fraction of sp³-hybridized carbons (Fsp3) is 0.300. The Morgan fingerprint density at radius 2 is 1.93 bits per heavy atom. The van der Waals surface area contributed by atoms with E-state index in [0.717, 1.165) is 5.56 Å². The number of rotatable bonds is 5. The van der Waals surface area contributed by atoms with Gasteiger partial charge in [-0.1, -0.05) is 12.1 Å². The summed E-state index contributed by atoms with van der Waals surface area (Å²) in [5.74, 6) is -0.0775. The monoisotopic (exact) mass is 209 g/mol. The Morgan fingerprint density at radius 3 is 2.40 bits per heavy atom. The van der Waals surface area contributed by atoms with Crippen molar-refractivity contribution in [3.63, 3.8) is 0 Å². The standard InChI is InChI=1S/C10H11NO4/c12-6-5-10(13)7-8-1-3-9(4-2-8)11(14)15/h1-4,12H,5-7H2. The van der Waals surface area contributed by atoms with Crippen molar-refractivity contribution >= 4 is 11.5 Å². The zero-order valence-electron chi connectivity index (χ0n) is 8.05. The molecular weight excluding hydrogens is 198 g/mol. The van der Waals surface area contributed by atoms with Gasteiger partial charge in [0.2, 0.25) is 0 Å². The molecule has 5 nitrogen and oxygen atoms in total. The second kappa shape index (κ2) is 5.21. The van der Waals surface area contributed by atoms with Gasteiger partial charge in [0.05, 0.1) is 4.92 Å². The Hall–Kier alpha value is -1.75. The molecule has 80 valence electrons. The van der Waals surface area contributed by atoms with E-state index in [9.17, 15) is 14.9 Å². The highest BCUT2D eigenvalue weighted by Crippen LogP contribution is 2.12. The van der Waals surface area contributed by atoms with E-state index in [-0.39, 0.29) is 30.9 Å². The van der Waals surface area contributed by atoms with Gasteiger partial charge in [-0.3, -0.25) is 14.9 Å². The minimum atomic E-state index is -0.487. The highest BCUT2D eigenvalue weighted by Gasteiger charge is 2.06. The van der Waals surface area contributed by atoms with Gasteiger partial charge < -0.3 is 5.11 Å². The summed E-state index contributed by atoms with van der Waals surface area (Å²) in [6.07, 6.45) is 0.329. The second-order valence-corrected chi connectivity index (χ2v) is 3.11. The van der Waals surface area contributed by atoms with Crippen LogP contribution in [-0.2, 0) is 11.2 Å². The lowest BCUT2D eigenvalue weighted by Crippen LogP contribution is -2.04. The first-order valence-corrected chi connectivity index (χ1v) is 4.49.